The van der Waals surface area contributed by atoms with Crippen LogP contribution in [-0.2, 0) is 6.54 Å². The van der Waals surface area contributed by atoms with E-state index in [1.54, 1.807) is 0 Å². The molecule has 0 saturated heterocycles. The van der Waals surface area contributed by atoms with Crippen molar-refractivity contribution < 1.29 is 0 Å². The van der Waals surface area contributed by atoms with Crippen molar-refractivity contribution in [3.63, 3.8) is 0 Å². The lowest BCUT2D eigenvalue weighted by atomic mass is 10.1. The molecule has 0 atom stereocenters. The second-order valence-electron chi connectivity index (χ2n) is 4.01. The number of hydrogen-bond acceptors (Lipinski definition) is 2. The van der Waals surface area contributed by atoms with Crippen LogP contribution in [-0.4, -0.2) is 6.54 Å². The van der Waals surface area contributed by atoms with Crippen molar-refractivity contribution in [2.45, 2.75) is 20.4 Å². The van der Waals surface area contributed by atoms with E-state index in [-0.39, 0.29) is 0 Å². The van der Waals surface area contributed by atoms with E-state index in [0.29, 0.717) is 0 Å². The monoisotopic (exact) mass is 265 g/mol. The Balaban J connectivity index is 2.24. The molecule has 1 heterocycles. The largest absolute Gasteiger partial charge is 0.312 e. The number of hydrogen-bond donors (Lipinski definition) is 1. The summed E-state index contributed by atoms with van der Waals surface area (Å²) in [5.41, 5.74) is 2.51. The molecule has 1 aromatic carbocycles. The van der Waals surface area contributed by atoms with Gasteiger partial charge in [0.25, 0.3) is 0 Å². The van der Waals surface area contributed by atoms with Gasteiger partial charge < -0.3 is 5.32 Å². The Hall–Kier alpha value is -0.830. The molecule has 0 aliphatic heterocycles. The minimum atomic E-state index is 0.802. The molecule has 1 nitrogen and oxygen atoms in total. The lowest BCUT2D eigenvalue weighted by molar-refractivity contribution is 0.735. The van der Waals surface area contributed by atoms with E-state index in [9.17, 15) is 0 Å². The van der Waals surface area contributed by atoms with E-state index in [1.807, 2.05) is 23.5 Å². The summed E-state index contributed by atoms with van der Waals surface area (Å²) in [6.07, 6.45) is 0. The highest BCUT2D eigenvalue weighted by molar-refractivity contribution is 7.15. The van der Waals surface area contributed by atoms with E-state index in [4.69, 9.17) is 11.6 Å². The molecule has 0 fully saturated rings. The minimum absolute atomic E-state index is 0.802. The Morgan fingerprint density at radius 3 is 2.76 bits per heavy atom. The summed E-state index contributed by atoms with van der Waals surface area (Å²) in [4.78, 5) is 2.68. The maximum absolute atomic E-state index is 5.97. The summed E-state index contributed by atoms with van der Waals surface area (Å²) in [7, 11) is 0. The van der Waals surface area contributed by atoms with Gasteiger partial charge in [-0.25, -0.2) is 0 Å². The second-order valence-corrected chi connectivity index (χ2v) is 5.61. The van der Waals surface area contributed by atoms with Crippen molar-refractivity contribution in [3.8, 4) is 10.4 Å². The van der Waals surface area contributed by atoms with Crippen LogP contribution in [0.5, 0.6) is 0 Å². The number of benzene rings is 1. The fourth-order valence-electron chi connectivity index (χ4n) is 1.77. The molecule has 0 aliphatic carbocycles. The Kier molecular flexibility index (Phi) is 4.21. The summed E-state index contributed by atoms with van der Waals surface area (Å²) in [5, 5.41) is 4.14. The molecule has 90 valence electrons. The van der Waals surface area contributed by atoms with Crippen LogP contribution in [0.25, 0.3) is 10.4 Å². The molecule has 0 saturated carbocycles. The van der Waals surface area contributed by atoms with Gasteiger partial charge in [-0.15, -0.1) is 11.3 Å². The van der Waals surface area contributed by atoms with E-state index < -0.39 is 0 Å². The molecule has 1 N–H and O–H groups in total. The van der Waals surface area contributed by atoms with Crippen molar-refractivity contribution in [2.75, 3.05) is 6.54 Å². The summed E-state index contributed by atoms with van der Waals surface area (Å²) < 4.78 is 0. The smallest absolute Gasteiger partial charge is 0.0409 e. The van der Waals surface area contributed by atoms with Gasteiger partial charge in [-0.1, -0.05) is 24.6 Å². The van der Waals surface area contributed by atoms with Crippen LogP contribution < -0.4 is 5.32 Å². The first-order chi connectivity index (χ1) is 8.20. The van der Waals surface area contributed by atoms with Gasteiger partial charge in [-0.2, -0.15) is 0 Å². The number of halogens is 1. The van der Waals surface area contributed by atoms with Gasteiger partial charge in [0.05, 0.1) is 0 Å². The summed E-state index contributed by atoms with van der Waals surface area (Å²) in [5.74, 6) is 0. The maximum Gasteiger partial charge on any atom is 0.0409 e. The topological polar surface area (TPSA) is 12.0 Å². The fourth-order valence-corrected chi connectivity index (χ4v) is 3.06. The molecule has 3 heteroatoms. The number of nitrogens with one attached hydrogen (secondary N) is 1. The van der Waals surface area contributed by atoms with Crippen LogP contribution in [0, 0.1) is 6.92 Å². The highest BCUT2D eigenvalue weighted by atomic mass is 35.5. The molecule has 17 heavy (non-hydrogen) atoms. The molecule has 0 amide bonds. The van der Waals surface area contributed by atoms with Gasteiger partial charge in [0.2, 0.25) is 0 Å². The Bertz CT molecular complexity index is 505. The van der Waals surface area contributed by atoms with Gasteiger partial charge in [-0.05, 0) is 48.9 Å². The number of rotatable bonds is 4. The van der Waals surface area contributed by atoms with Crippen molar-refractivity contribution in [1.82, 2.24) is 5.32 Å². The Morgan fingerprint density at radius 2 is 2.06 bits per heavy atom. The van der Waals surface area contributed by atoms with Gasteiger partial charge in [0.15, 0.2) is 0 Å². The van der Waals surface area contributed by atoms with Gasteiger partial charge in [-0.3, -0.25) is 0 Å². The first-order valence-corrected chi connectivity index (χ1v) is 6.96. The summed E-state index contributed by atoms with van der Waals surface area (Å²) in [6.45, 7) is 6.18. The molecular weight excluding hydrogens is 250 g/mol. The molecule has 0 bridgehead atoms. The highest BCUT2D eigenvalue weighted by Gasteiger charge is 2.05. The predicted molar refractivity (Wildman–Crippen MR) is 76.9 cm³/mol. The summed E-state index contributed by atoms with van der Waals surface area (Å²) in [6, 6.07) is 10.4. The zero-order valence-corrected chi connectivity index (χ0v) is 11.7. The zero-order chi connectivity index (χ0) is 12.3. The first-order valence-electron chi connectivity index (χ1n) is 5.76. The van der Waals surface area contributed by atoms with Crippen LogP contribution in [0.4, 0.5) is 0 Å². The third-order valence-electron chi connectivity index (χ3n) is 2.66. The molecule has 2 aromatic rings. The molecular formula is C14H16ClNS. The standard InChI is InChI=1S/C14H16ClNS/c1-3-16-9-12-5-7-14(17-12)13-6-4-11(15)8-10(13)2/h4-8,16H,3,9H2,1-2H3. The van der Waals surface area contributed by atoms with E-state index >= 15 is 0 Å². The zero-order valence-electron chi connectivity index (χ0n) is 10.1. The minimum Gasteiger partial charge on any atom is -0.312 e. The quantitative estimate of drug-likeness (QED) is 0.859. The molecule has 0 radical (unpaired) electrons. The van der Waals surface area contributed by atoms with Gasteiger partial charge in [0.1, 0.15) is 0 Å². The fraction of sp³-hybridized carbons (Fsp3) is 0.286. The van der Waals surface area contributed by atoms with Gasteiger partial charge in [0, 0.05) is 21.3 Å². The first kappa shape index (κ1) is 12.6. The predicted octanol–water partition coefficient (Wildman–Crippen LogP) is 4.49. The van der Waals surface area contributed by atoms with E-state index in [1.165, 1.54) is 20.9 Å². The van der Waals surface area contributed by atoms with Crippen molar-refractivity contribution in [1.29, 1.82) is 0 Å². The maximum atomic E-state index is 5.97. The average Bonchev–Trinajstić information content (AvgIpc) is 2.75. The van der Waals surface area contributed by atoms with Crippen LogP contribution in [0.1, 0.15) is 17.4 Å². The van der Waals surface area contributed by atoms with E-state index in [0.717, 1.165) is 18.1 Å². The van der Waals surface area contributed by atoms with Crippen LogP contribution in [0.3, 0.4) is 0 Å². The SMILES string of the molecule is CCNCc1ccc(-c2ccc(Cl)cc2C)s1. The third-order valence-corrected chi connectivity index (χ3v) is 4.02. The second kappa shape index (κ2) is 5.67. The van der Waals surface area contributed by atoms with Crippen LogP contribution >= 0.6 is 22.9 Å². The molecule has 0 aliphatic rings. The molecule has 1 aromatic heterocycles. The molecule has 0 spiro atoms. The van der Waals surface area contributed by atoms with Crippen LogP contribution in [0.15, 0.2) is 30.3 Å². The normalized spacial score (nSPS) is 10.8. The number of thiophene rings is 1. The highest BCUT2D eigenvalue weighted by Crippen LogP contribution is 2.31. The van der Waals surface area contributed by atoms with Gasteiger partial charge >= 0.3 is 0 Å². The lowest BCUT2D eigenvalue weighted by Crippen LogP contribution is -2.10. The van der Waals surface area contributed by atoms with E-state index in [2.05, 4.69) is 37.4 Å². The molecule has 0 unspecified atom stereocenters. The van der Waals surface area contributed by atoms with Crippen LogP contribution in [0.2, 0.25) is 5.02 Å². The van der Waals surface area contributed by atoms with Crippen molar-refractivity contribution in [3.05, 3.63) is 45.8 Å². The molecule has 2 rings (SSSR count). The van der Waals surface area contributed by atoms with Crippen molar-refractivity contribution >= 4 is 22.9 Å². The van der Waals surface area contributed by atoms with Crippen molar-refractivity contribution in [2.24, 2.45) is 0 Å². The lowest BCUT2D eigenvalue weighted by Gasteiger charge is -2.03. The Morgan fingerprint density at radius 1 is 1.24 bits per heavy atom. The average molecular weight is 266 g/mol. The summed E-state index contributed by atoms with van der Waals surface area (Å²) >= 11 is 7.81. The third kappa shape index (κ3) is 3.09. The number of aryl methyl sites for hydroxylation is 1. The Labute approximate surface area is 111 Å².